The maximum Gasteiger partial charge on any atom is 0.305 e. The van der Waals surface area contributed by atoms with Crippen LogP contribution in [0.3, 0.4) is 0 Å². The van der Waals surface area contributed by atoms with E-state index in [0.29, 0.717) is 13.0 Å². The monoisotopic (exact) mass is 281 g/mol. The van der Waals surface area contributed by atoms with E-state index >= 15 is 0 Å². The van der Waals surface area contributed by atoms with Gasteiger partial charge in [0.15, 0.2) is 0 Å². The molecule has 0 spiro atoms. The van der Waals surface area contributed by atoms with Crippen LogP contribution in [0.1, 0.15) is 19.0 Å². The lowest BCUT2D eigenvalue weighted by atomic mass is 10.2. The summed E-state index contributed by atoms with van der Waals surface area (Å²) in [7, 11) is 0. The molecule has 0 aliphatic rings. The molecule has 1 aromatic carbocycles. The summed E-state index contributed by atoms with van der Waals surface area (Å²) in [4.78, 5) is 14.2. The van der Waals surface area contributed by atoms with Gasteiger partial charge in [0.25, 0.3) is 0 Å². The first-order valence-electron chi connectivity index (χ1n) is 5.12. The number of carbonyl (C=O) groups is 1. The van der Waals surface area contributed by atoms with Gasteiger partial charge in [0.1, 0.15) is 6.61 Å². The number of benzene rings is 1. The molecule has 0 aliphatic carbocycles. The predicted octanol–water partition coefficient (Wildman–Crippen LogP) is 3.38. The minimum Gasteiger partial charge on any atom is -0.459 e. The normalized spacial score (nSPS) is 10.6. The molecule has 0 bridgehead atoms. The first-order valence-corrected chi connectivity index (χ1v) is 5.91. The molecule has 84 valence electrons. The fraction of sp³-hybridized carbons (Fsp3) is 0.250. The molecular weight excluding hydrogens is 270 g/mol. The summed E-state index contributed by atoms with van der Waals surface area (Å²) in [5, 5.41) is 1.11. The molecule has 3 nitrogen and oxygen atoms in total. The van der Waals surface area contributed by atoms with Gasteiger partial charge in [0.2, 0.25) is 0 Å². The highest BCUT2D eigenvalue weighted by atomic mass is 79.9. The number of halogens is 1. The van der Waals surface area contributed by atoms with Crippen LogP contribution in [0, 0.1) is 0 Å². The van der Waals surface area contributed by atoms with Gasteiger partial charge in [-0.25, -0.2) is 0 Å². The van der Waals surface area contributed by atoms with Gasteiger partial charge in [-0.3, -0.25) is 4.79 Å². The molecule has 4 heteroatoms. The Bertz CT molecular complexity index is 519. The first kappa shape index (κ1) is 11.2. The smallest absolute Gasteiger partial charge is 0.305 e. The first-order chi connectivity index (χ1) is 7.69. The van der Waals surface area contributed by atoms with Crippen molar-refractivity contribution >= 4 is 32.8 Å². The molecule has 0 unspecified atom stereocenters. The fourth-order valence-electron chi connectivity index (χ4n) is 1.50. The number of fused-ring (bicyclic) bond motifs is 1. The van der Waals surface area contributed by atoms with Crippen LogP contribution in [-0.4, -0.2) is 11.0 Å². The maximum absolute atomic E-state index is 11.0. The van der Waals surface area contributed by atoms with Crippen LogP contribution < -0.4 is 0 Å². The van der Waals surface area contributed by atoms with Crippen LogP contribution in [0.4, 0.5) is 0 Å². The molecule has 0 fully saturated rings. The number of ether oxygens (including phenoxy) is 1. The quantitative estimate of drug-likeness (QED) is 0.877. The van der Waals surface area contributed by atoms with Crippen molar-refractivity contribution in [3.63, 3.8) is 0 Å². The molecule has 0 saturated heterocycles. The van der Waals surface area contributed by atoms with E-state index in [1.807, 2.05) is 24.3 Å². The number of nitrogens with one attached hydrogen (secondary N) is 1. The van der Waals surface area contributed by atoms with E-state index in [0.717, 1.165) is 21.1 Å². The average molecular weight is 282 g/mol. The van der Waals surface area contributed by atoms with Crippen LogP contribution in [-0.2, 0) is 16.1 Å². The van der Waals surface area contributed by atoms with Crippen molar-refractivity contribution in [3.8, 4) is 0 Å². The topological polar surface area (TPSA) is 42.1 Å². The number of H-pyrrole nitrogens is 1. The lowest BCUT2D eigenvalue weighted by Crippen LogP contribution is -2.02. The fourth-order valence-corrected chi connectivity index (χ4v) is 1.88. The lowest BCUT2D eigenvalue weighted by molar-refractivity contribution is -0.144. The van der Waals surface area contributed by atoms with Gasteiger partial charge in [0, 0.05) is 21.8 Å². The second-order valence-corrected chi connectivity index (χ2v) is 4.46. The third-order valence-corrected chi connectivity index (χ3v) is 2.81. The zero-order valence-corrected chi connectivity index (χ0v) is 10.5. The Morgan fingerprint density at radius 1 is 1.44 bits per heavy atom. The van der Waals surface area contributed by atoms with E-state index in [2.05, 4.69) is 20.9 Å². The van der Waals surface area contributed by atoms with Crippen molar-refractivity contribution in [2.75, 3.05) is 0 Å². The van der Waals surface area contributed by atoms with Gasteiger partial charge in [0.05, 0.1) is 5.69 Å². The number of rotatable bonds is 3. The van der Waals surface area contributed by atoms with E-state index in [9.17, 15) is 4.79 Å². The number of hydrogen-bond acceptors (Lipinski definition) is 2. The molecule has 1 aromatic heterocycles. The second-order valence-electron chi connectivity index (χ2n) is 3.54. The molecule has 1 heterocycles. The van der Waals surface area contributed by atoms with Crippen molar-refractivity contribution in [1.29, 1.82) is 0 Å². The van der Waals surface area contributed by atoms with Gasteiger partial charge in [-0.1, -0.05) is 22.9 Å². The van der Waals surface area contributed by atoms with E-state index in [1.165, 1.54) is 0 Å². The number of aromatic nitrogens is 1. The summed E-state index contributed by atoms with van der Waals surface area (Å²) < 4.78 is 6.09. The number of esters is 1. The molecule has 2 aromatic rings. The van der Waals surface area contributed by atoms with Gasteiger partial charge >= 0.3 is 5.97 Å². The maximum atomic E-state index is 11.0. The van der Waals surface area contributed by atoms with Gasteiger partial charge in [-0.15, -0.1) is 0 Å². The molecular formula is C12H12BrNO2. The van der Waals surface area contributed by atoms with Crippen LogP contribution in [0.2, 0.25) is 0 Å². The molecule has 2 rings (SSSR count). The van der Waals surface area contributed by atoms with E-state index in [4.69, 9.17) is 4.74 Å². The third kappa shape index (κ3) is 2.44. The predicted molar refractivity (Wildman–Crippen MR) is 66.1 cm³/mol. The summed E-state index contributed by atoms with van der Waals surface area (Å²) in [5.41, 5.74) is 1.96. The van der Waals surface area contributed by atoms with E-state index in [1.54, 1.807) is 6.92 Å². The van der Waals surface area contributed by atoms with Gasteiger partial charge in [-0.05, 0) is 24.3 Å². The molecule has 0 aliphatic heterocycles. The Morgan fingerprint density at radius 3 is 3.00 bits per heavy atom. The molecule has 0 radical (unpaired) electrons. The Morgan fingerprint density at radius 2 is 2.25 bits per heavy atom. The Kier molecular flexibility index (Phi) is 3.29. The Balaban J connectivity index is 2.16. The van der Waals surface area contributed by atoms with Crippen LogP contribution in [0.25, 0.3) is 10.9 Å². The van der Waals surface area contributed by atoms with Crippen LogP contribution in [0.5, 0.6) is 0 Å². The zero-order chi connectivity index (χ0) is 11.5. The number of aromatic amines is 1. The SMILES string of the molecule is CCC(=O)OCc1cc2cc(Br)ccc2[nH]1. The van der Waals surface area contributed by atoms with Crippen molar-refractivity contribution in [2.24, 2.45) is 0 Å². The van der Waals surface area contributed by atoms with Crippen molar-refractivity contribution in [2.45, 2.75) is 20.0 Å². The van der Waals surface area contributed by atoms with Crippen LogP contribution >= 0.6 is 15.9 Å². The molecule has 0 amide bonds. The van der Waals surface area contributed by atoms with E-state index in [-0.39, 0.29) is 5.97 Å². The summed E-state index contributed by atoms with van der Waals surface area (Å²) >= 11 is 3.42. The highest BCUT2D eigenvalue weighted by Gasteiger charge is 2.03. The van der Waals surface area contributed by atoms with Crippen LogP contribution in [0.15, 0.2) is 28.7 Å². The second kappa shape index (κ2) is 4.70. The Hall–Kier alpha value is -1.29. The summed E-state index contributed by atoms with van der Waals surface area (Å²) in [6.45, 7) is 2.09. The van der Waals surface area contributed by atoms with Gasteiger partial charge in [-0.2, -0.15) is 0 Å². The average Bonchev–Trinajstić information content (AvgIpc) is 2.67. The van der Waals surface area contributed by atoms with Crippen molar-refractivity contribution < 1.29 is 9.53 Å². The summed E-state index contributed by atoms with van der Waals surface area (Å²) in [6, 6.07) is 7.98. The molecule has 0 saturated carbocycles. The van der Waals surface area contributed by atoms with Crippen molar-refractivity contribution in [1.82, 2.24) is 4.98 Å². The summed E-state index contributed by atoms with van der Waals surface area (Å²) in [6.07, 6.45) is 0.409. The summed E-state index contributed by atoms with van der Waals surface area (Å²) in [5.74, 6) is -0.181. The zero-order valence-electron chi connectivity index (χ0n) is 8.92. The highest BCUT2D eigenvalue weighted by Crippen LogP contribution is 2.20. The van der Waals surface area contributed by atoms with E-state index < -0.39 is 0 Å². The number of hydrogen-bond donors (Lipinski definition) is 1. The third-order valence-electron chi connectivity index (χ3n) is 2.32. The van der Waals surface area contributed by atoms with Crippen molar-refractivity contribution in [3.05, 3.63) is 34.4 Å². The molecule has 0 atom stereocenters. The largest absolute Gasteiger partial charge is 0.459 e. The molecule has 1 N–H and O–H groups in total. The van der Waals surface area contributed by atoms with Gasteiger partial charge < -0.3 is 9.72 Å². The standard InChI is InChI=1S/C12H12BrNO2/c1-2-12(15)16-7-10-6-8-5-9(13)3-4-11(8)14-10/h3-6,14H,2,7H2,1H3. The molecule has 16 heavy (non-hydrogen) atoms. The number of carbonyl (C=O) groups excluding carboxylic acids is 1. The lowest BCUT2D eigenvalue weighted by Gasteiger charge is -1.99. The minimum absolute atomic E-state index is 0.181. The Labute approximate surface area is 102 Å². The minimum atomic E-state index is -0.181. The highest BCUT2D eigenvalue weighted by molar-refractivity contribution is 9.10.